The number of amides is 4. The Morgan fingerprint density at radius 1 is 1.06 bits per heavy atom. The number of hydrogen-bond donors (Lipinski definition) is 3. The van der Waals surface area contributed by atoms with E-state index in [0.29, 0.717) is 62.6 Å². The highest BCUT2D eigenvalue weighted by Gasteiger charge is 2.62. The zero-order valence-electron chi connectivity index (χ0n) is 30.7. The molecule has 53 heavy (non-hydrogen) atoms. The maximum absolute atomic E-state index is 14.5. The van der Waals surface area contributed by atoms with Gasteiger partial charge < -0.3 is 39.9 Å². The topological polar surface area (TPSA) is 171 Å². The smallest absolute Gasteiger partial charge is 0.408 e. The maximum atomic E-state index is 14.5. The highest BCUT2D eigenvalue weighted by atomic mass is 16.6. The van der Waals surface area contributed by atoms with Crippen molar-refractivity contribution < 1.29 is 38.6 Å². The van der Waals surface area contributed by atoms with Crippen LogP contribution in [-0.4, -0.2) is 119 Å². The summed E-state index contributed by atoms with van der Waals surface area (Å²) in [4.78, 5) is 79.1. The van der Waals surface area contributed by atoms with Gasteiger partial charge in [0.25, 0.3) is 5.91 Å². The number of alkyl carbamates (subject to hydrolysis) is 1. The molecular weight excluding hydrogens is 680 g/mol. The van der Waals surface area contributed by atoms with Gasteiger partial charge in [0.1, 0.15) is 29.0 Å². The molecule has 5 aliphatic rings. The fourth-order valence-corrected chi connectivity index (χ4v) is 8.45. The van der Waals surface area contributed by atoms with Crippen LogP contribution < -0.4 is 15.5 Å². The number of carbonyl (C=O) groups excluding carboxylic acids is 4. The summed E-state index contributed by atoms with van der Waals surface area (Å²) in [5.41, 5.74) is -1.03. The number of fused-ring (bicyclic) bond motifs is 5. The van der Waals surface area contributed by atoms with E-state index < -0.39 is 53.0 Å². The SMILES string of the molecule is CC(C)(C)OC(=O)N[C@@H]1CCCCC/C=C\[C@H]2C[C@@]2(C(=O)O)NC(=O)[C@@H]2[C@H]3CN(C(=O)c4cc(N5CCOCC5)nc5ccccc45)C[C@H]3CN2C1=O. The van der Waals surface area contributed by atoms with Crippen molar-refractivity contribution in [2.75, 3.05) is 50.8 Å². The van der Waals surface area contributed by atoms with Crippen molar-refractivity contribution in [3.8, 4) is 0 Å². The lowest BCUT2D eigenvalue weighted by Crippen LogP contribution is -2.58. The number of ether oxygens (including phenoxy) is 2. The number of para-hydroxylation sites is 1. The van der Waals surface area contributed by atoms with Gasteiger partial charge in [-0.3, -0.25) is 14.4 Å². The molecule has 7 rings (SSSR count). The quantitative estimate of drug-likeness (QED) is 0.397. The van der Waals surface area contributed by atoms with Crippen LogP contribution in [0.4, 0.5) is 10.6 Å². The summed E-state index contributed by atoms with van der Waals surface area (Å²) in [7, 11) is 0. The number of carbonyl (C=O) groups is 5. The molecule has 6 atom stereocenters. The fourth-order valence-electron chi connectivity index (χ4n) is 8.45. The molecule has 1 saturated carbocycles. The Morgan fingerprint density at radius 3 is 2.58 bits per heavy atom. The molecule has 0 spiro atoms. The molecule has 5 heterocycles. The fraction of sp³-hybridized carbons (Fsp3) is 0.590. The molecule has 1 aromatic carbocycles. The first kappa shape index (κ1) is 36.6. The number of morpholine rings is 1. The third kappa shape index (κ3) is 7.55. The molecule has 4 aliphatic heterocycles. The van der Waals surface area contributed by atoms with Crippen LogP contribution in [0.3, 0.4) is 0 Å². The first-order valence-corrected chi connectivity index (χ1v) is 18.9. The lowest BCUT2D eigenvalue weighted by molar-refractivity contribution is -0.146. The summed E-state index contributed by atoms with van der Waals surface area (Å²) >= 11 is 0. The molecule has 3 saturated heterocycles. The molecule has 0 radical (unpaired) electrons. The van der Waals surface area contributed by atoms with Gasteiger partial charge in [0.05, 0.1) is 24.3 Å². The standard InChI is InChI=1S/C39H50N6O8/c1-38(2,3)53-37(51)41-30-14-8-6-4-5-7-11-25-20-39(25,36(49)50)42-33(46)32-28-23-44(21-24(28)22-45(32)35(30)48)34(47)27-19-31(43-15-17-52-18-16-43)40-29-13-10-9-12-26(27)29/h7,9-13,19,24-25,28,30,32H,4-6,8,14-18,20-23H2,1-3H3,(H,41,51)(H,42,46)(H,49,50)/b11-7-/t24-,25-,28-,30+,32-,39+/m0/s1. The first-order valence-electron chi connectivity index (χ1n) is 18.9. The van der Waals surface area contributed by atoms with Gasteiger partial charge in [0.2, 0.25) is 11.8 Å². The number of carboxylic acid groups (broad SMARTS) is 1. The minimum absolute atomic E-state index is 0.178. The molecular formula is C39H50N6O8. The molecule has 1 aliphatic carbocycles. The van der Waals surface area contributed by atoms with Crippen LogP contribution >= 0.6 is 0 Å². The van der Waals surface area contributed by atoms with Crippen molar-refractivity contribution >= 4 is 46.5 Å². The maximum Gasteiger partial charge on any atom is 0.408 e. The Labute approximate surface area is 309 Å². The third-order valence-electron chi connectivity index (χ3n) is 11.2. The number of carboxylic acids is 1. The molecule has 1 aromatic heterocycles. The molecule has 284 valence electrons. The molecule has 14 heteroatoms. The zero-order chi connectivity index (χ0) is 37.5. The summed E-state index contributed by atoms with van der Waals surface area (Å²) in [5, 5.41) is 16.7. The number of nitrogens with zero attached hydrogens (tertiary/aromatic N) is 4. The second kappa shape index (κ2) is 14.6. The van der Waals surface area contributed by atoms with Gasteiger partial charge in [-0.25, -0.2) is 14.6 Å². The van der Waals surface area contributed by atoms with Crippen molar-refractivity contribution in [1.29, 1.82) is 0 Å². The minimum Gasteiger partial charge on any atom is -0.479 e. The van der Waals surface area contributed by atoms with Crippen LogP contribution in [0, 0.1) is 17.8 Å². The number of hydrogen-bond acceptors (Lipinski definition) is 9. The predicted octanol–water partition coefficient (Wildman–Crippen LogP) is 3.34. The van der Waals surface area contributed by atoms with E-state index in [4.69, 9.17) is 14.5 Å². The van der Waals surface area contributed by atoms with Crippen LogP contribution in [0.25, 0.3) is 10.9 Å². The van der Waals surface area contributed by atoms with Gasteiger partial charge in [-0.15, -0.1) is 0 Å². The Balaban J connectivity index is 1.19. The van der Waals surface area contributed by atoms with Gasteiger partial charge in [0.15, 0.2) is 0 Å². The number of aromatic nitrogens is 1. The minimum atomic E-state index is -1.46. The summed E-state index contributed by atoms with van der Waals surface area (Å²) in [5.74, 6) is -2.65. The highest BCUT2D eigenvalue weighted by Crippen LogP contribution is 2.46. The Bertz CT molecular complexity index is 1800. The first-order chi connectivity index (χ1) is 25.3. The number of pyridine rings is 1. The van der Waals surface area contributed by atoms with Crippen molar-refractivity contribution in [3.63, 3.8) is 0 Å². The van der Waals surface area contributed by atoms with Crippen LogP contribution in [0.2, 0.25) is 0 Å². The number of anilines is 1. The van der Waals surface area contributed by atoms with Gasteiger partial charge in [-0.05, 0) is 58.6 Å². The highest BCUT2D eigenvalue weighted by molar-refractivity contribution is 6.07. The zero-order valence-corrected chi connectivity index (χ0v) is 30.7. The average molecular weight is 731 g/mol. The molecule has 2 aromatic rings. The average Bonchev–Trinajstić information content (AvgIpc) is 3.47. The van der Waals surface area contributed by atoms with E-state index in [0.717, 1.165) is 24.6 Å². The molecule has 3 N–H and O–H groups in total. The lowest BCUT2D eigenvalue weighted by Gasteiger charge is -2.33. The Hall–Kier alpha value is -4.72. The summed E-state index contributed by atoms with van der Waals surface area (Å²) < 4.78 is 11.0. The number of likely N-dealkylation sites (tertiary alicyclic amines) is 1. The predicted molar refractivity (Wildman–Crippen MR) is 195 cm³/mol. The lowest BCUT2D eigenvalue weighted by atomic mass is 9.93. The monoisotopic (exact) mass is 730 g/mol. The van der Waals surface area contributed by atoms with Gasteiger partial charge in [0, 0.05) is 55.9 Å². The Kier molecular flexibility index (Phi) is 10.1. The molecule has 0 bridgehead atoms. The number of nitrogens with one attached hydrogen (secondary N) is 2. The molecule has 4 fully saturated rings. The normalized spacial score (nSPS) is 29.9. The molecule has 14 nitrogen and oxygen atoms in total. The molecule has 4 amide bonds. The number of aliphatic carboxylic acids is 1. The van der Waals surface area contributed by atoms with Gasteiger partial charge >= 0.3 is 12.1 Å². The van der Waals surface area contributed by atoms with Crippen LogP contribution in [-0.2, 0) is 23.9 Å². The van der Waals surface area contributed by atoms with E-state index in [1.54, 1.807) is 25.7 Å². The van der Waals surface area contributed by atoms with Crippen LogP contribution in [0.1, 0.15) is 69.7 Å². The summed E-state index contributed by atoms with van der Waals surface area (Å²) in [6.07, 6.45) is 6.78. The summed E-state index contributed by atoms with van der Waals surface area (Å²) in [6.45, 7) is 8.37. The number of rotatable bonds is 4. The third-order valence-corrected chi connectivity index (χ3v) is 11.2. The van der Waals surface area contributed by atoms with E-state index in [2.05, 4.69) is 15.5 Å². The van der Waals surface area contributed by atoms with Crippen molar-refractivity contribution in [2.45, 2.75) is 82.5 Å². The van der Waals surface area contributed by atoms with E-state index in [9.17, 15) is 29.1 Å². The van der Waals surface area contributed by atoms with Gasteiger partial charge in [-0.1, -0.05) is 43.2 Å². The van der Waals surface area contributed by atoms with Gasteiger partial charge in [-0.2, -0.15) is 0 Å². The number of benzene rings is 1. The van der Waals surface area contributed by atoms with E-state index >= 15 is 0 Å². The summed E-state index contributed by atoms with van der Waals surface area (Å²) in [6, 6.07) is 7.38. The second-order valence-electron chi connectivity index (χ2n) is 16.1. The Morgan fingerprint density at radius 2 is 1.83 bits per heavy atom. The van der Waals surface area contributed by atoms with Crippen molar-refractivity contribution in [3.05, 3.63) is 48.0 Å². The van der Waals surface area contributed by atoms with E-state index in [1.807, 2.05) is 42.5 Å². The van der Waals surface area contributed by atoms with E-state index in [-0.39, 0.29) is 37.3 Å². The second-order valence-corrected chi connectivity index (χ2v) is 16.1. The molecule has 0 unspecified atom stereocenters. The largest absolute Gasteiger partial charge is 0.479 e. The van der Waals surface area contributed by atoms with Crippen LogP contribution in [0.5, 0.6) is 0 Å². The van der Waals surface area contributed by atoms with Crippen molar-refractivity contribution in [1.82, 2.24) is 25.4 Å². The van der Waals surface area contributed by atoms with Crippen molar-refractivity contribution in [2.24, 2.45) is 17.8 Å². The van der Waals surface area contributed by atoms with E-state index in [1.165, 1.54) is 4.90 Å². The number of allylic oxidation sites excluding steroid dienone is 1. The van der Waals surface area contributed by atoms with Crippen LogP contribution in [0.15, 0.2) is 42.5 Å².